The lowest BCUT2D eigenvalue weighted by Gasteiger charge is -2.28. The van der Waals surface area contributed by atoms with Gasteiger partial charge < -0.3 is 20.7 Å². The highest BCUT2D eigenvalue weighted by Gasteiger charge is 2.61. The van der Waals surface area contributed by atoms with Crippen LogP contribution in [0.5, 0.6) is 6.01 Å². The molecule has 0 bridgehead atoms. The van der Waals surface area contributed by atoms with Gasteiger partial charge in [0, 0.05) is 33.0 Å². The van der Waals surface area contributed by atoms with Crippen molar-refractivity contribution in [3.63, 3.8) is 0 Å². The van der Waals surface area contributed by atoms with Crippen LogP contribution in [-0.2, 0) is 31.1 Å². The second kappa shape index (κ2) is 12.9. The first-order chi connectivity index (χ1) is 21.0. The molecule has 1 aliphatic carbocycles. The van der Waals surface area contributed by atoms with Crippen LogP contribution in [0.2, 0.25) is 0 Å². The number of aryl methyl sites for hydroxylation is 1. The predicted octanol–water partition coefficient (Wildman–Crippen LogP) is 1.44. The van der Waals surface area contributed by atoms with E-state index in [0.29, 0.717) is 19.0 Å². The van der Waals surface area contributed by atoms with Gasteiger partial charge in [0.25, 0.3) is 11.9 Å². The molecule has 4 N–H and O–H groups in total. The number of fused-ring (bicyclic) bond motifs is 3. The molecule has 0 radical (unpaired) electrons. The lowest BCUT2D eigenvalue weighted by Crippen LogP contribution is -2.58. The van der Waals surface area contributed by atoms with Crippen molar-refractivity contribution in [3.8, 4) is 6.01 Å². The molecular weight excluding hydrogens is 586 g/mol. The van der Waals surface area contributed by atoms with E-state index < -0.39 is 45.8 Å². The van der Waals surface area contributed by atoms with Crippen LogP contribution in [0.15, 0.2) is 36.4 Å². The van der Waals surface area contributed by atoms with Crippen LogP contribution >= 0.6 is 0 Å². The highest BCUT2D eigenvalue weighted by Crippen LogP contribution is 2.45. The van der Waals surface area contributed by atoms with Gasteiger partial charge in [-0.2, -0.15) is 17.7 Å². The van der Waals surface area contributed by atoms with Gasteiger partial charge in [-0.1, -0.05) is 44.1 Å². The summed E-state index contributed by atoms with van der Waals surface area (Å²) in [6.07, 6.45) is 8.32. The van der Waals surface area contributed by atoms with E-state index in [9.17, 15) is 22.8 Å². The highest BCUT2D eigenvalue weighted by atomic mass is 32.2. The van der Waals surface area contributed by atoms with Gasteiger partial charge in [0.1, 0.15) is 17.7 Å². The summed E-state index contributed by atoms with van der Waals surface area (Å²) in [5.41, 5.74) is 6.61. The quantitative estimate of drug-likeness (QED) is 0.387. The van der Waals surface area contributed by atoms with E-state index in [1.54, 1.807) is 0 Å². The van der Waals surface area contributed by atoms with Crippen LogP contribution in [0.3, 0.4) is 0 Å². The average Bonchev–Trinajstić information content (AvgIpc) is 3.33. The molecule has 3 amide bonds. The van der Waals surface area contributed by atoms with Crippen molar-refractivity contribution >= 4 is 39.0 Å². The molecule has 44 heavy (non-hydrogen) atoms. The number of benzene rings is 1. The molecule has 2 aromatic rings. The Morgan fingerprint density at radius 2 is 2.00 bits per heavy atom. The summed E-state index contributed by atoms with van der Waals surface area (Å²) in [7, 11) is -1.47. The number of hydrogen-bond donors (Lipinski definition) is 3. The van der Waals surface area contributed by atoms with E-state index in [2.05, 4.69) is 21.9 Å². The van der Waals surface area contributed by atoms with E-state index in [-0.39, 0.29) is 31.2 Å². The molecule has 1 saturated carbocycles. The summed E-state index contributed by atoms with van der Waals surface area (Å²) in [6.45, 7) is 2.87. The van der Waals surface area contributed by atoms with Crippen LogP contribution in [0.25, 0.3) is 11.0 Å². The molecule has 14 heteroatoms. The first-order valence-electron chi connectivity index (χ1n) is 15.4. The van der Waals surface area contributed by atoms with Crippen molar-refractivity contribution in [2.45, 2.75) is 88.6 Å². The molecule has 1 aromatic carbocycles. The van der Waals surface area contributed by atoms with Gasteiger partial charge in [0.2, 0.25) is 11.8 Å². The summed E-state index contributed by atoms with van der Waals surface area (Å²) in [5.74, 6) is -2.11. The maximum absolute atomic E-state index is 14.0. The molecule has 2 fully saturated rings. The Bertz CT molecular complexity index is 1540. The Labute approximate surface area is 258 Å². The molecule has 1 aromatic heterocycles. The first kappa shape index (κ1) is 31.9. The van der Waals surface area contributed by atoms with Crippen LogP contribution < -0.4 is 20.5 Å². The van der Waals surface area contributed by atoms with Crippen molar-refractivity contribution < 1.29 is 27.5 Å². The zero-order chi connectivity index (χ0) is 31.6. The van der Waals surface area contributed by atoms with E-state index in [4.69, 9.17) is 10.5 Å². The Balaban J connectivity index is 1.43. The molecule has 240 valence electrons. The lowest BCUT2D eigenvalue weighted by molar-refractivity contribution is -0.140. The number of para-hydroxylation sites is 2. The molecule has 0 spiro atoms. The zero-order valence-corrected chi connectivity index (χ0v) is 26.4. The first-order valence-corrected chi connectivity index (χ1v) is 16.8. The van der Waals surface area contributed by atoms with Gasteiger partial charge in [-0.3, -0.25) is 19.0 Å². The number of amides is 3. The summed E-state index contributed by atoms with van der Waals surface area (Å²) in [6, 6.07) is 6.38. The van der Waals surface area contributed by atoms with Crippen LogP contribution in [0.4, 0.5) is 0 Å². The SMILES string of the molecule is CCCn1c(O[C@@H]2C[C@H]3C(=O)N[C@]4(C(=O)NS(=O)(=O)N(C)C)C[C@H]4/C=C\CCCCC[C@H](N)C(=O)N3C2)nc2ccccc21. The molecule has 3 aliphatic rings. The molecule has 3 heterocycles. The zero-order valence-electron chi connectivity index (χ0n) is 25.6. The Morgan fingerprint density at radius 1 is 1.23 bits per heavy atom. The number of ether oxygens (including phenoxy) is 1. The number of aromatic nitrogens is 2. The van der Waals surface area contributed by atoms with E-state index >= 15 is 0 Å². The van der Waals surface area contributed by atoms with Gasteiger partial charge >= 0.3 is 10.2 Å². The second-order valence-electron chi connectivity index (χ2n) is 12.2. The van der Waals surface area contributed by atoms with Crippen molar-refractivity contribution in [2.24, 2.45) is 11.7 Å². The summed E-state index contributed by atoms with van der Waals surface area (Å²) in [4.78, 5) is 47.2. The smallest absolute Gasteiger partial charge is 0.303 e. The van der Waals surface area contributed by atoms with E-state index in [0.717, 1.165) is 47.4 Å². The van der Waals surface area contributed by atoms with Gasteiger partial charge in [-0.15, -0.1) is 0 Å². The third-order valence-corrected chi connectivity index (χ3v) is 10.1. The fourth-order valence-corrected chi connectivity index (χ4v) is 6.69. The molecule has 13 nitrogen and oxygen atoms in total. The van der Waals surface area contributed by atoms with Crippen molar-refractivity contribution in [3.05, 3.63) is 36.4 Å². The van der Waals surface area contributed by atoms with E-state index in [1.165, 1.54) is 19.0 Å². The van der Waals surface area contributed by atoms with E-state index in [1.807, 2.05) is 41.0 Å². The van der Waals surface area contributed by atoms with Gasteiger partial charge in [0.15, 0.2) is 0 Å². The van der Waals surface area contributed by atoms with Crippen LogP contribution in [0.1, 0.15) is 58.3 Å². The minimum Gasteiger partial charge on any atom is -0.459 e. The summed E-state index contributed by atoms with van der Waals surface area (Å²) < 4.78 is 36.4. The van der Waals surface area contributed by atoms with Crippen molar-refractivity contribution in [1.82, 2.24) is 28.8 Å². The van der Waals surface area contributed by atoms with Gasteiger partial charge in [-0.05, 0) is 44.2 Å². The number of nitrogens with two attached hydrogens (primary N) is 1. The number of rotatable bonds is 7. The average molecular weight is 630 g/mol. The fourth-order valence-electron chi connectivity index (χ4n) is 6.09. The third-order valence-electron chi connectivity index (χ3n) is 8.73. The van der Waals surface area contributed by atoms with Crippen molar-refractivity contribution in [1.29, 1.82) is 0 Å². The van der Waals surface area contributed by atoms with Gasteiger partial charge in [0.05, 0.1) is 23.6 Å². The maximum atomic E-state index is 14.0. The number of nitrogens with zero attached hydrogens (tertiary/aromatic N) is 4. The lowest BCUT2D eigenvalue weighted by atomic mass is 10.1. The normalized spacial score (nSPS) is 28.9. The second-order valence-corrected chi connectivity index (χ2v) is 14.1. The summed E-state index contributed by atoms with van der Waals surface area (Å²) >= 11 is 0. The third kappa shape index (κ3) is 6.47. The van der Waals surface area contributed by atoms with Gasteiger partial charge in [-0.25, -0.2) is 4.72 Å². The number of imidazole rings is 1. The molecule has 0 unspecified atom stereocenters. The number of hydrogen-bond acceptors (Lipinski definition) is 8. The molecule has 2 aliphatic heterocycles. The minimum atomic E-state index is -4.09. The number of carbonyl (C=O) groups excluding carboxylic acids is 3. The maximum Gasteiger partial charge on any atom is 0.303 e. The van der Waals surface area contributed by atoms with Crippen LogP contribution in [-0.4, -0.2) is 89.3 Å². The minimum absolute atomic E-state index is 0.123. The highest BCUT2D eigenvalue weighted by molar-refractivity contribution is 7.87. The van der Waals surface area contributed by atoms with Crippen LogP contribution in [0, 0.1) is 5.92 Å². The number of allylic oxidation sites excluding steroid dienone is 1. The van der Waals surface area contributed by atoms with Crippen molar-refractivity contribution in [2.75, 3.05) is 20.6 Å². The Kier molecular flexibility index (Phi) is 9.33. The molecular formula is C30H43N7O6S. The standard InChI is InChI=1S/C30H43N7O6S/c1-4-16-36-24-15-11-10-14-23(24)32-29(36)43-21-17-25-26(38)33-30(28(40)34-44(41,42)35(2)3)18-20(30)12-8-6-5-7-9-13-22(31)27(39)37(25)19-21/h8,10-12,14-15,20-22,25H,4-7,9,13,16-19,31H2,1-3H3,(H,33,38)(H,34,40)/b12-8-/t20-,21-,22+,25+,30-/m1/s1. The number of carbonyl (C=O) groups is 3. The fraction of sp³-hybridized carbons (Fsp3) is 0.600. The largest absolute Gasteiger partial charge is 0.459 e. The summed E-state index contributed by atoms with van der Waals surface area (Å²) in [5, 5.41) is 2.85. The molecule has 5 atom stereocenters. The Hall–Kier alpha value is -3.49. The predicted molar refractivity (Wildman–Crippen MR) is 164 cm³/mol. The molecule has 5 rings (SSSR count). The Morgan fingerprint density at radius 3 is 2.75 bits per heavy atom. The topological polar surface area (TPSA) is 169 Å². The molecule has 1 saturated heterocycles. The monoisotopic (exact) mass is 629 g/mol. The number of nitrogens with one attached hydrogen (secondary N) is 2.